The maximum Gasteiger partial charge on any atom is 0.362 e. The smallest absolute Gasteiger partial charge is 0.362 e. The monoisotopic (exact) mass is 517 g/mol. The summed E-state index contributed by atoms with van der Waals surface area (Å²) >= 11 is 0.966. The number of aliphatic carboxylic acids is 1. The van der Waals surface area contributed by atoms with Crippen molar-refractivity contribution in [3.8, 4) is 0 Å². The second kappa shape index (κ2) is 8.37. The van der Waals surface area contributed by atoms with Gasteiger partial charge in [-0.1, -0.05) is 5.16 Å². The first-order chi connectivity index (χ1) is 15.9. The van der Waals surface area contributed by atoms with Gasteiger partial charge in [-0.2, -0.15) is 8.42 Å². The Hall–Kier alpha value is -3.51. The minimum atomic E-state index is -4.97. The first kappa shape index (κ1) is 23.6. The van der Waals surface area contributed by atoms with Crippen LogP contribution in [0.15, 0.2) is 10.5 Å². The third kappa shape index (κ3) is 4.33. The maximum absolute atomic E-state index is 13.0. The van der Waals surface area contributed by atoms with Crippen LogP contribution >= 0.6 is 11.3 Å². The van der Waals surface area contributed by atoms with Gasteiger partial charge in [-0.25, -0.2) is 18.9 Å². The van der Waals surface area contributed by atoms with Gasteiger partial charge in [-0.05, 0) is 0 Å². The van der Waals surface area contributed by atoms with E-state index in [-0.39, 0.29) is 41.1 Å². The lowest BCUT2D eigenvalue weighted by atomic mass is 9.97. The molecule has 2 atom stereocenters. The molecule has 1 aliphatic carbocycles. The standard InChI is InChI=1S/C16H19N7O9S2/c17-14-19-7(6-33-14)9(21-32-16(1-2-16)13(26)27)11(24)20-10-8(5-22-4-3-18-15(22)28)23(12(10)25)34(29,30)31/h6,8,10H,1-5H2,(H2,17,19)(H,18,28)(H,20,24)(H,26,27)(H,29,30,31)/t8-,10+/m1/s1. The van der Waals surface area contributed by atoms with Gasteiger partial charge in [0.15, 0.2) is 10.8 Å². The predicted molar refractivity (Wildman–Crippen MR) is 113 cm³/mol. The molecule has 0 bridgehead atoms. The van der Waals surface area contributed by atoms with E-state index in [0.717, 1.165) is 11.3 Å². The highest BCUT2D eigenvalue weighted by Crippen LogP contribution is 2.40. The van der Waals surface area contributed by atoms with Crippen LogP contribution in [0.3, 0.4) is 0 Å². The predicted octanol–water partition coefficient (Wildman–Crippen LogP) is -2.41. The number of β-lactam (4-membered cyclic amide) rings is 1. The van der Waals surface area contributed by atoms with E-state index >= 15 is 0 Å². The number of aromatic nitrogens is 1. The molecule has 2 saturated heterocycles. The van der Waals surface area contributed by atoms with E-state index < -0.39 is 57.5 Å². The fraction of sp³-hybridized carbons (Fsp3) is 0.500. The average molecular weight is 518 g/mol. The summed E-state index contributed by atoms with van der Waals surface area (Å²) in [6.45, 7) is 0.226. The van der Waals surface area contributed by atoms with Crippen molar-refractivity contribution in [1.29, 1.82) is 0 Å². The first-order valence-corrected chi connectivity index (χ1v) is 12.1. The molecule has 184 valence electrons. The summed E-state index contributed by atoms with van der Waals surface area (Å²) in [6, 6.07) is -3.25. The Balaban J connectivity index is 1.57. The number of anilines is 1. The van der Waals surface area contributed by atoms with Gasteiger partial charge in [0.05, 0.1) is 6.04 Å². The number of carbonyl (C=O) groups is 4. The highest BCUT2D eigenvalue weighted by atomic mass is 32.2. The van der Waals surface area contributed by atoms with Crippen molar-refractivity contribution in [1.82, 2.24) is 24.8 Å². The van der Waals surface area contributed by atoms with Crippen LogP contribution in [0, 0.1) is 0 Å². The molecule has 2 aliphatic heterocycles. The Morgan fingerprint density at radius 3 is 2.62 bits per heavy atom. The summed E-state index contributed by atoms with van der Waals surface area (Å²) < 4.78 is 32.9. The second-order valence-corrected chi connectivity index (χ2v) is 9.89. The van der Waals surface area contributed by atoms with Crippen LogP contribution in [0.5, 0.6) is 0 Å². The number of thiazole rings is 1. The summed E-state index contributed by atoms with van der Waals surface area (Å²) in [5, 5.41) is 19.2. The number of hydrogen-bond acceptors (Lipinski definition) is 11. The van der Waals surface area contributed by atoms with Crippen LogP contribution in [0.4, 0.5) is 9.93 Å². The molecular formula is C16H19N7O9S2. The number of nitrogen functional groups attached to an aromatic ring is 1. The normalized spacial score (nSPS) is 23.9. The summed E-state index contributed by atoms with van der Waals surface area (Å²) in [5.74, 6) is -3.44. The van der Waals surface area contributed by atoms with E-state index in [1.807, 2.05) is 0 Å². The summed E-state index contributed by atoms with van der Waals surface area (Å²) in [5.41, 5.74) is 3.47. The minimum Gasteiger partial charge on any atom is -0.478 e. The van der Waals surface area contributed by atoms with Crippen molar-refractivity contribution >= 4 is 56.3 Å². The number of carbonyl (C=O) groups excluding carboxylic acids is 3. The Kier molecular flexibility index (Phi) is 5.82. The molecule has 4 rings (SSSR count). The molecule has 1 saturated carbocycles. The molecule has 1 aromatic rings. The van der Waals surface area contributed by atoms with Crippen molar-refractivity contribution < 1.29 is 42.1 Å². The lowest BCUT2D eigenvalue weighted by Gasteiger charge is -2.45. The molecule has 3 fully saturated rings. The van der Waals surface area contributed by atoms with Gasteiger partial charge in [0.2, 0.25) is 5.60 Å². The quantitative estimate of drug-likeness (QED) is 0.100. The molecule has 6 N–H and O–H groups in total. The second-order valence-electron chi connectivity index (χ2n) is 7.71. The zero-order valence-corrected chi connectivity index (χ0v) is 18.8. The molecule has 0 aromatic carbocycles. The van der Waals surface area contributed by atoms with Gasteiger partial charge >= 0.3 is 22.3 Å². The zero-order chi connectivity index (χ0) is 24.8. The van der Waals surface area contributed by atoms with Crippen LogP contribution in [0.25, 0.3) is 0 Å². The molecule has 18 heteroatoms. The van der Waals surface area contributed by atoms with Crippen molar-refractivity contribution in [3.05, 3.63) is 11.1 Å². The SMILES string of the molecule is Nc1nc(C(=NOC2(C(=O)O)CC2)C(=O)N[C@@H]2C(=O)N(S(=O)(=O)O)[C@@H]2CN2CCNC2=O)cs1. The third-order valence-corrected chi connectivity index (χ3v) is 7.06. The van der Waals surface area contributed by atoms with Crippen molar-refractivity contribution in [2.24, 2.45) is 5.16 Å². The average Bonchev–Trinajstić information content (AvgIpc) is 3.26. The number of carboxylic acid groups (broad SMARTS) is 1. The fourth-order valence-electron chi connectivity index (χ4n) is 3.45. The lowest BCUT2D eigenvalue weighted by Crippen LogP contribution is -2.74. The highest BCUT2D eigenvalue weighted by Gasteiger charge is 2.56. The molecule has 4 amide bonds. The Labute approximate surface area is 195 Å². The molecule has 0 radical (unpaired) electrons. The van der Waals surface area contributed by atoms with Crippen LogP contribution in [-0.2, 0) is 29.5 Å². The number of carboxylic acids is 1. The van der Waals surface area contributed by atoms with Crippen LogP contribution < -0.4 is 16.4 Å². The fourth-order valence-corrected chi connectivity index (χ4v) is 4.87. The Morgan fingerprint density at radius 2 is 2.12 bits per heavy atom. The van der Waals surface area contributed by atoms with E-state index in [2.05, 4.69) is 20.8 Å². The number of hydrogen-bond donors (Lipinski definition) is 5. The number of nitrogens with one attached hydrogen (secondary N) is 2. The molecule has 0 spiro atoms. The largest absolute Gasteiger partial charge is 0.478 e. The first-order valence-electron chi connectivity index (χ1n) is 9.78. The molecule has 1 aromatic heterocycles. The number of rotatable bonds is 9. The summed E-state index contributed by atoms with van der Waals surface area (Å²) in [6.07, 6.45) is 0.342. The van der Waals surface area contributed by atoms with E-state index in [9.17, 15) is 37.3 Å². The molecule has 3 aliphatic rings. The Morgan fingerprint density at radius 1 is 1.41 bits per heavy atom. The van der Waals surface area contributed by atoms with Crippen LogP contribution in [0.1, 0.15) is 18.5 Å². The molecular weight excluding hydrogens is 498 g/mol. The minimum absolute atomic E-state index is 0.0601. The van der Waals surface area contributed by atoms with Crippen molar-refractivity contribution in [2.45, 2.75) is 30.5 Å². The number of nitrogens with zero attached hydrogens (tertiary/aromatic N) is 4. The van der Waals surface area contributed by atoms with Gasteiger partial charge < -0.3 is 31.2 Å². The van der Waals surface area contributed by atoms with Gasteiger partial charge in [0, 0.05) is 37.9 Å². The molecule has 3 heterocycles. The van der Waals surface area contributed by atoms with Gasteiger partial charge in [-0.3, -0.25) is 14.1 Å². The van der Waals surface area contributed by atoms with Crippen LogP contribution in [-0.4, -0.2) is 99.1 Å². The molecule has 0 unspecified atom stereocenters. The summed E-state index contributed by atoms with van der Waals surface area (Å²) in [4.78, 5) is 58.9. The van der Waals surface area contributed by atoms with E-state index in [0.29, 0.717) is 6.54 Å². The van der Waals surface area contributed by atoms with E-state index in [1.165, 1.54) is 10.3 Å². The van der Waals surface area contributed by atoms with Crippen molar-refractivity contribution in [3.63, 3.8) is 0 Å². The highest BCUT2D eigenvalue weighted by molar-refractivity contribution is 7.84. The number of nitrogens with two attached hydrogens (primary N) is 1. The number of oxime groups is 1. The number of urea groups is 1. The Bertz CT molecular complexity index is 1190. The molecule has 16 nitrogen and oxygen atoms in total. The van der Waals surface area contributed by atoms with Crippen LogP contribution in [0.2, 0.25) is 0 Å². The van der Waals surface area contributed by atoms with Gasteiger partial charge in [0.25, 0.3) is 11.8 Å². The maximum atomic E-state index is 13.0. The van der Waals surface area contributed by atoms with Crippen molar-refractivity contribution in [2.75, 3.05) is 25.4 Å². The zero-order valence-electron chi connectivity index (χ0n) is 17.2. The molecule has 34 heavy (non-hydrogen) atoms. The van der Waals surface area contributed by atoms with E-state index in [4.69, 9.17) is 10.6 Å². The topological polar surface area (TPSA) is 234 Å². The van der Waals surface area contributed by atoms with E-state index in [1.54, 1.807) is 0 Å². The van der Waals surface area contributed by atoms with Gasteiger partial charge in [-0.15, -0.1) is 11.3 Å². The summed E-state index contributed by atoms with van der Waals surface area (Å²) in [7, 11) is -4.97. The lowest BCUT2D eigenvalue weighted by molar-refractivity contribution is -0.153. The van der Waals surface area contributed by atoms with Gasteiger partial charge in [0.1, 0.15) is 11.7 Å². The third-order valence-electron chi connectivity index (χ3n) is 5.44. The number of amides is 4.